The lowest BCUT2D eigenvalue weighted by atomic mass is 9.80. The van der Waals surface area contributed by atoms with E-state index in [0.717, 1.165) is 16.7 Å². The highest BCUT2D eigenvalue weighted by Gasteiger charge is 2.39. The summed E-state index contributed by atoms with van der Waals surface area (Å²) in [5.41, 5.74) is 6.41. The van der Waals surface area contributed by atoms with E-state index in [-0.39, 0.29) is 32.6 Å². The first-order valence-electron chi connectivity index (χ1n) is 13.0. The highest BCUT2D eigenvalue weighted by atomic mass is 16.6. The van der Waals surface area contributed by atoms with E-state index in [1.165, 1.54) is 7.11 Å². The largest absolute Gasteiger partial charge is 0.497 e. The van der Waals surface area contributed by atoms with Crippen LogP contribution < -0.4 is 20.5 Å². The lowest BCUT2D eigenvalue weighted by Gasteiger charge is -2.37. The van der Waals surface area contributed by atoms with Crippen LogP contribution in [0.5, 0.6) is 11.5 Å². The van der Waals surface area contributed by atoms with Crippen LogP contribution in [0, 0.1) is 0 Å². The van der Waals surface area contributed by atoms with Gasteiger partial charge in [0.1, 0.15) is 29.8 Å². The summed E-state index contributed by atoms with van der Waals surface area (Å²) >= 11 is 0. The van der Waals surface area contributed by atoms with Crippen LogP contribution in [-0.2, 0) is 34.2 Å². The highest BCUT2D eigenvalue weighted by molar-refractivity contribution is 5.82. The summed E-state index contributed by atoms with van der Waals surface area (Å²) in [5, 5.41) is 2.69. The SMILES string of the molecule is COCC(=O)OC(CNC(=O)CCC(N)=O)COC(c1ccccc1)(c1ccc(OC)cc1)c1ccc(OC)cc1. The van der Waals surface area contributed by atoms with Crippen molar-refractivity contribution in [3.8, 4) is 11.5 Å². The van der Waals surface area contributed by atoms with Crippen LogP contribution in [0.25, 0.3) is 0 Å². The first-order chi connectivity index (χ1) is 19.8. The summed E-state index contributed by atoms with van der Waals surface area (Å²) in [6.07, 6.45) is -1.06. The molecule has 0 aliphatic rings. The number of nitrogens with two attached hydrogens (primary N) is 1. The standard InChI is InChI=1S/C31H36N2O8/c1-37-21-30(36)41-27(19-33-29(35)18-17-28(32)34)20-40-31(22-7-5-4-6-8-22,23-9-13-25(38-2)14-10-23)24-11-15-26(39-3)16-12-24/h4-16,27H,17-21H2,1-3H3,(H2,32,34)(H,33,35). The zero-order valence-electron chi connectivity index (χ0n) is 23.5. The van der Waals surface area contributed by atoms with Gasteiger partial charge in [-0.05, 0) is 41.0 Å². The van der Waals surface area contributed by atoms with Crippen molar-refractivity contribution in [2.24, 2.45) is 5.73 Å². The average Bonchev–Trinajstić information content (AvgIpc) is 3.00. The van der Waals surface area contributed by atoms with Crippen molar-refractivity contribution in [1.82, 2.24) is 5.32 Å². The fourth-order valence-electron chi connectivity index (χ4n) is 4.32. The Kier molecular flexibility index (Phi) is 11.7. The maximum atomic E-state index is 12.4. The molecular formula is C31H36N2O8. The maximum Gasteiger partial charge on any atom is 0.332 e. The number of carbonyl (C=O) groups is 3. The molecule has 0 fully saturated rings. The first kappa shape index (κ1) is 31.1. The van der Waals surface area contributed by atoms with E-state index < -0.39 is 29.5 Å². The third kappa shape index (κ3) is 8.54. The third-order valence-electron chi connectivity index (χ3n) is 6.34. The van der Waals surface area contributed by atoms with Crippen LogP contribution in [0.3, 0.4) is 0 Å². The monoisotopic (exact) mass is 564 g/mol. The zero-order valence-corrected chi connectivity index (χ0v) is 23.5. The lowest BCUT2D eigenvalue weighted by molar-refractivity contribution is -0.159. The van der Waals surface area contributed by atoms with Crippen LogP contribution in [0.15, 0.2) is 78.9 Å². The van der Waals surface area contributed by atoms with E-state index in [9.17, 15) is 14.4 Å². The molecule has 3 aromatic carbocycles. The van der Waals surface area contributed by atoms with Crippen molar-refractivity contribution in [2.75, 3.05) is 41.1 Å². The molecule has 0 saturated carbocycles. The second-order valence-corrected chi connectivity index (χ2v) is 9.13. The van der Waals surface area contributed by atoms with Gasteiger partial charge in [0.15, 0.2) is 0 Å². The van der Waals surface area contributed by atoms with E-state index in [2.05, 4.69) is 5.32 Å². The molecule has 3 aromatic rings. The van der Waals surface area contributed by atoms with Crippen molar-refractivity contribution in [3.05, 3.63) is 95.6 Å². The Hall–Kier alpha value is -4.41. The molecule has 10 nitrogen and oxygen atoms in total. The molecule has 2 amide bonds. The van der Waals surface area contributed by atoms with E-state index >= 15 is 0 Å². The summed E-state index contributed by atoms with van der Waals surface area (Å²) < 4.78 is 28.1. The van der Waals surface area contributed by atoms with E-state index in [4.69, 9.17) is 29.4 Å². The number of nitrogens with one attached hydrogen (secondary N) is 1. The number of amides is 2. The van der Waals surface area contributed by atoms with Gasteiger partial charge in [-0.25, -0.2) is 4.79 Å². The van der Waals surface area contributed by atoms with Gasteiger partial charge >= 0.3 is 5.97 Å². The van der Waals surface area contributed by atoms with E-state index in [0.29, 0.717) is 11.5 Å². The molecule has 41 heavy (non-hydrogen) atoms. The summed E-state index contributed by atoms with van der Waals surface area (Å²) in [7, 11) is 4.57. The van der Waals surface area contributed by atoms with Crippen LogP contribution in [0.4, 0.5) is 0 Å². The number of carbonyl (C=O) groups excluding carboxylic acids is 3. The molecule has 0 saturated heterocycles. The van der Waals surface area contributed by atoms with Crippen molar-refractivity contribution < 1.29 is 38.1 Å². The maximum absolute atomic E-state index is 12.4. The Morgan fingerprint density at radius 2 is 1.32 bits per heavy atom. The molecule has 0 aromatic heterocycles. The predicted octanol–water partition coefficient (Wildman–Crippen LogP) is 2.95. The van der Waals surface area contributed by atoms with Gasteiger partial charge in [-0.2, -0.15) is 0 Å². The molecule has 0 bridgehead atoms. The molecule has 10 heteroatoms. The fourth-order valence-corrected chi connectivity index (χ4v) is 4.32. The molecular weight excluding hydrogens is 528 g/mol. The lowest BCUT2D eigenvalue weighted by Crippen LogP contribution is -2.42. The van der Waals surface area contributed by atoms with E-state index in [1.54, 1.807) is 14.2 Å². The van der Waals surface area contributed by atoms with Gasteiger partial charge in [0.2, 0.25) is 11.8 Å². The number of hydrogen-bond acceptors (Lipinski definition) is 8. The molecule has 0 radical (unpaired) electrons. The van der Waals surface area contributed by atoms with Crippen molar-refractivity contribution in [2.45, 2.75) is 24.5 Å². The zero-order chi connectivity index (χ0) is 29.7. The highest BCUT2D eigenvalue weighted by Crippen LogP contribution is 2.41. The molecule has 0 aliphatic heterocycles. The summed E-state index contributed by atoms with van der Waals surface area (Å²) in [5.74, 6) is -0.257. The summed E-state index contributed by atoms with van der Waals surface area (Å²) in [6, 6.07) is 24.6. The quantitative estimate of drug-likeness (QED) is 0.200. The first-order valence-corrected chi connectivity index (χ1v) is 13.0. The van der Waals surface area contributed by atoms with Gasteiger partial charge in [-0.3, -0.25) is 9.59 Å². The Balaban J connectivity index is 2.03. The van der Waals surface area contributed by atoms with Gasteiger partial charge in [0.05, 0.1) is 27.4 Å². The van der Waals surface area contributed by atoms with Crippen LogP contribution >= 0.6 is 0 Å². The molecule has 3 rings (SSSR count). The van der Waals surface area contributed by atoms with Crippen LogP contribution in [0.1, 0.15) is 29.5 Å². The van der Waals surface area contributed by atoms with Gasteiger partial charge in [-0.1, -0.05) is 54.6 Å². The Morgan fingerprint density at radius 1 is 0.780 bits per heavy atom. The number of esters is 1. The Morgan fingerprint density at radius 3 is 1.80 bits per heavy atom. The minimum atomic E-state index is -1.15. The van der Waals surface area contributed by atoms with Gasteiger partial charge in [-0.15, -0.1) is 0 Å². The molecule has 0 heterocycles. The minimum Gasteiger partial charge on any atom is -0.497 e. The molecule has 1 unspecified atom stereocenters. The third-order valence-corrected chi connectivity index (χ3v) is 6.34. The molecule has 1 atom stereocenters. The molecule has 0 aliphatic carbocycles. The second kappa shape index (κ2) is 15.4. The van der Waals surface area contributed by atoms with Gasteiger partial charge in [0, 0.05) is 20.0 Å². The topological polar surface area (TPSA) is 135 Å². The summed E-state index contributed by atoms with van der Waals surface area (Å²) in [4.78, 5) is 35.8. The number of primary amides is 1. The normalized spacial score (nSPS) is 11.8. The molecule has 3 N–H and O–H groups in total. The van der Waals surface area contributed by atoms with Gasteiger partial charge in [0.25, 0.3) is 0 Å². The van der Waals surface area contributed by atoms with Crippen molar-refractivity contribution in [1.29, 1.82) is 0 Å². The Labute approximate surface area is 239 Å². The molecule has 218 valence electrons. The molecule has 0 spiro atoms. The predicted molar refractivity (Wildman–Crippen MR) is 151 cm³/mol. The number of ether oxygens (including phenoxy) is 5. The minimum absolute atomic E-state index is 0.0524. The second-order valence-electron chi connectivity index (χ2n) is 9.13. The van der Waals surface area contributed by atoms with Crippen molar-refractivity contribution in [3.63, 3.8) is 0 Å². The smallest absolute Gasteiger partial charge is 0.332 e. The summed E-state index contributed by atoms with van der Waals surface area (Å²) in [6.45, 7) is -0.422. The van der Waals surface area contributed by atoms with Crippen LogP contribution in [-0.4, -0.2) is 65.0 Å². The fraction of sp³-hybridized carbons (Fsp3) is 0.323. The number of methoxy groups -OCH3 is 3. The Bertz CT molecular complexity index is 1220. The number of hydrogen-bond donors (Lipinski definition) is 2. The van der Waals surface area contributed by atoms with E-state index in [1.807, 2.05) is 78.9 Å². The van der Waals surface area contributed by atoms with Crippen molar-refractivity contribution >= 4 is 17.8 Å². The number of benzene rings is 3. The van der Waals surface area contributed by atoms with Gasteiger partial charge < -0.3 is 34.7 Å². The average molecular weight is 565 g/mol. The number of rotatable bonds is 16. The van der Waals surface area contributed by atoms with Crippen LogP contribution in [0.2, 0.25) is 0 Å².